The summed E-state index contributed by atoms with van der Waals surface area (Å²) >= 11 is 0. The van der Waals surface area contributed by atoms with Gasteiger partial charge in [0.1, 0.15) is 5.75 Å². The van der Waals surface area contributed by atoms with Crippen molar-refractivity contribution in [1.82, 2.24) is 4.98 Å². The van der Waals surface area contributed by atoms with Gasteiger partial charge in [0.2, 0.25) is 0 Å². The van der Waals surface area contributed by atoms with Crippen molar-refractivity contribution in [3.63, 3.8) is 0 Å². The topological polar surface area (TPSA) is 80.1 Å². The lowest BCUT2D eigenvalue weighted by Crippen LogP contribution is -2.25. The second-order valence-corrected chi connectivity index (χ2v) is 3.83. The summed E-state index contributed by atoms with van der Waals surface area (Å²) < 4.78 is 11.1. The molecule has 1 fully saturated rings. The third-order valence-electron chi connectivity index (χ3n) is 2.49. The lowest BCUT2D eigenvalue weighted by molar-refractivity contribution is -0.106. The molecule has 1 aliphatic heterocycles. The molecule has 0 radical (unpaired) electrons. The Morgan fingerprint density at radius 3 is 3.24 bits per heavy atom. The molecule has 0 bridgehead atoms. The molecule has 1 saturated heterocycles. The first kappa shape index (κ1) is 11.7. The van der Waals surface area contributed by atoms with E-state index in [9.17, 15) is 0 Å². The minimum atomic E-state index is -0.180. The molecule has 6 heteroatoms. The Labute approximate surface area is 99.2 Å². The van der Waals surface area contributed by atoms with Crippen molar-refractivity contribution in [2.75, 3.05) is 6.61 Å². The van der Waals surface area contributed by atoms with E-state index in [2.05, 4.69) is 15.0 Å². The molecule has 0 amide bonds. The maximum atomic E-state index is 8.24. The minimum absolute atomic E-state index is 0.180. The molecule has 1 unspecified atom stereocenters. The Morgan fingerprint density at radius 2 is 2.47 bits per heavy atom. The first-order chi connectivity index (χ1) is 8.38. The first-order valence-electron chi connectivity index (χ1n) is 5.61. The van der Waals surface area contributed by atoms with Gasteiger partial charge in [0.25, 0.3) is 0 Å². The molecule has 1 aliphatic rings. The number of nitrogens with zero attached hydrogens (tertiary/aromatic N) is 4. The summed E-state index contributed by atoms with van der Waals surface area (Å²) in [7, 11) is 0. The van der Waals surface area contributed by atoms with Gasteiger partial charge >= 0.3 is 0 Å². The van der Waals surface area contributed by atoms with Crippen LogP contribution in [0.25, 0.3) is 10.4 Å². The molecule has 1 aromatic rings. The van der Waals surface area contributed by atoms with Gasteiger partial charge in [0.15, 0.2) is 6.29 Å². The van der Waals surface area contributed by atoms with Crippen LogP contribution in [0.2, 0.25) is 0 Å². The van der Waals surface area contributed by atoms with E-state index in [0.29, 0.717) is 5.75 Å². The summed E-state index contributed by atoms with van der Waals surface area (Å²) in [4.78, 5) is 6.75. The van der Waals surface area contributed by atoms with Crippen LogP contribution < -0.4 is 4.74 Å². The summed E-state index contributed by atoms with van der Waals surface area (Å²) in [6.07, 6.45) is 6.23. The molecule has 6 nitrogen and oxygen atoms in total. The van der Waals surface area contributed by atoms with Crippen LogP contribution in [0.15, 0.2) is 23.6 Å². The van der Waals surface area contributed by atoms with Crippen LogP contribution in [0, 0.1) is 0 Å². The molecule has 2 heterocycles. The van der Waals surface area contributed by atoms with Gasteiger partial charge in [-0.2, -0.15) is 0 Å². The lowest BCUT2D eigenvalue weighted by Gasteiger charge is -2.23. The number of ether oxygens (including phenoxy) is 2. The quantitative estimate of drug-likeness (QED) is 0.456. The van der Waals surface area contributed by atoms with E-state index < -0.39 is 0 Å². The Morgan fingerprint density at radius 1 is 1.53 bits per heavy atom. The highest BCUT2D eigenvalue weighted by Gasteiger charge is 2.15. The summed E-state index contributed by atoms with van der Waals surface area (Å²) in [5.74, 6) is 0.655. The second-order valence-electron chi connectivity index (χ2n) is 3.83. The smallest absolute Gasteiger partial charge is 0.199 e. The van der Waals surface area contributed by atoms with Crippen LogP contribution in [-0.2, 0) is 11.3 Å². The van der Waals surface area contributed by atoms with E-state index in [1.54, 1.807) is 12.4 Å². The van der Waals surface area contributed by atoms with E-state index in [0.717, 1.165) is 31.4 Å². The molecule has 0 saturated carbocycles. The van der Waals surface area contributed by atoms with Gasteiger partial charge in [0.05, 0.1) is 19.3 Å². The molecule has 0 aromatic carbocycles. The van der Waals surface area contributed by atoms with E-state index in [4.69, 9.17) is 15.0 Å². The van der Waals surface area contributed by atoms with Gasteiger partial charge in [-0.1, -0.05) is 5.11 Å². The van der Waals surface area contributed by atoms with E-state index in [-0.39, 0.29) is 12.8 Å². The van der Waals surface area contributed by atoms with Gasteiger partial charge in [-0.15, -0.1) is 0 Å². The lowest BCUT2D eigenvalue weighted by atomic mass is 10.2. The minimum Gasteiger partial charge on any atom is -0.463 e. The van der Waals surface area contributed by atoms with Crippen molar-refractivity contribution < 1.29 is 9.47 Å². The monoisotopic (exact) mass is 234 g/mol. The second kappa shape index (κ2) is 6.08. The number of aromatic nitrogens is 1. The molecule has 2 rings (SSSR count). The SMILES string of the molecule is [N-]=[N+]=NCc1cncc(OC2CCCCO2)c1. The summed E-state index contributed by atoms with van der Waals surface area (Å²) in [6, 6.07) is 1.82. The van der Waals surface area contributed by atoms with Crippen LogP contribution in [0.3, 0.4) is 0 Å². The molecular formula is C11H14N4O2. The van der Waals surface area contributed by atoms with Crippen molar-refractivity contribution in [2.24, 2.45) is 5.11 Å². The standard InChI is InChI=1S/C11H14N4O2/c12-15-14-7-9-5-10(8-13-6-9)17-11-3-1-2-4-16-11/h5-6,8,11H,1-4,7H2. The van der Waals surface area contributed by atoms with Crippen molar-refractivity contribution in [2.45, 2.75) is 32.1 Å². The van der Waals surface area contributed by atoms with Crippen molar-refractivity contribution in [3.05, 3.63) is 34.5 Å². The zero-order valence-corrected chi connectivity index (χ0v) is 9.45. The Bertz CT molecular complexity index is 412. The van der Waals surface area contributed by atoms with Crippen molar-refractivity contribution >= 4 is 0 Å². The number of azide groups is 1. The molecule has 0 spiro atoms. The predicted octanol–water partition coefficient (Wildman–Crippen LogP) is 2.80. The third kappa shape index (κ3) is 3.62. The van der Waals surface area contributed by atoms with Gasteiger partial charge in [-0.3, -0.25) is 4.98 Å². The molecule has 0 aliphatic carbocycles. The highest BCUT2D eigenvalue weighted by molar-refractivity contribution is 5.23. The molecule has 90 valence electrons. The van der Waals surface area contributed by atoms with Gasteiger partial charge in [-0.05, 0) is 30.0 Å². The summed E-state index contributed by atoms with van der Waals surface area (Å²) in [6.45, 7) is 1.03. The Kier molecular flexibility index (Phi) is 4.18. The molecule has 1 atom stereocenters. The highest BCUT2D eigenvalue weighted by Crippen LogP contribution is 2.19. The fourth-order valence-corrected chi connectivity index (χ4v) is 1.68. The number of rotatable bonds is 4. The molecular weight excluding hydrogens is 220 g/mol. The van der Waals surface area contributed by atoms with Gasteiger partial charge in [0, 0.05) is 17.5 Å². The van der Waals surface area contributed by atoms with Crippen LogP contribution in [0.5, 0.6) is 5.75 Å². The van der Waals surface area contributed by atoms with Crippen LogP contribution in [0.1, 0.15) is 24.8 Å². The Balaban J connectivity index is 1.97. The largest absolute Gasteiger partial charge is 0.463 e. The maximum absolute atomic E-state index is 8.24. The van der Waals surface area contributed by atoms with Crippen molar-refractivity contribution in [3.8, 4) is 5.75 Å². The molecule has 17 heavy (non-hydrogen) atoms. The average Bonchev–Trinajstić information content (AvgIpc) is 2.38. The first-order valence-corrected chi connectivity index (χ1v) is 5.61. The zero-order valence-electron chi connectivity index (χ0n) is 9.45. The number of hydrogen-bond donors (Lipinski definition) is 0. The number of pyridine rings is 1. The van der Waals surface area contributed by atoms with Crippen LogP contribution in [-0.4, -0.2) is 17.9 Å². The molecule has 0 N–H and O–H groups in total. The highest BCUT2D eigenvalue weighted by atomic mass is 16.7. The third-order valence-corrected chi connectivity index (χ3v) is 2.49. The van der Waals surface area contributed by atoms with E-state index >= 15 is 0 Å². The predicted molar refractivity (Wildman–Crippen MR) is 61.3 cm³/mol. The fourth-order valence-electron chi connectivity index (χ4n) is 1.68. The number of hydrogen-bond acceptors (Lipinski definition) is 4. The van der Waals surface area contributed by atoms with E-state index in [1.807, 2.05) is 6.07 Å². The van der Waals surface area contributed by atoms with Crippen LogP contribution >= 0.6 is 0 Å². The molecule has 1 aromatic heterocycles. The maximum Gasteiger partial charge on any atom is 0.199 e. The van der Waals surface area contributed by atoms with Crippen LogP contribution in [0.4, 0.5) is 0 Å². The van der Waals surface area contributed by atoms with E-state index in [1.165, 1.54) is 0 Å². The van der Waals surface area contributed by atoms with Gasteiger partial charge in [-0.25, -0.2) is 0 Å². The van der Waals surface area contributed by atoms with Crippen molar-refractivity contribution in [1.29, 1.82) is 0 Å². The summed E-state index contributed by atoms with van der Waals surface area (Å²) in [5, 5.41) is 3.48. The zero-order chi connectivity index (χ0) is 11.9. The fraction of sp³-hybridized carbons (Fsp3) is 0.545. The average molecular weight is 234 g/mol. The summed E-state index contributed by atoms with van der Waals surface area (Å²) in [5.41, 5.74) is 9.07. The Hall–Kier alpha value is -1.78. The normalized spacial score (nSPS) is 19.4. The van der Waals surface area contributed by atoms with Gasteiger partial charge < -0.3 is 9.47 Å².